The lowest BCUT2D eigenvalue weighted by molar-refractivity contribution is 0.102. The molecular weight excluding hydrogens is 395 g/mol. The van der Waals surface area contributed by atoms with Gasteiger partial charge in [0, 0.05) is 5.69 Å². The van der Waals surface area contributed by atoms with Gasteiger partial charge < -0.3 is 11.1 Å². The molecule has 0 aliphatic heterocycles. The first-order valence-corrected chi connectivity index (χ1v) is 8.83. The predicted octanol–water partition coefficient (Wildman–Crippen LogP) is 5.03. The van der Waals surface area contributed by atoms with Crippen molar-refractivity contribution < 1.29 is 4.79 Å². The number of benzene rings is 2. The number of carbonyl (C=O) groups is 1. The third-order valence-corrected chi connectivity index (χ3v) is 4.81. The molecule has 26 heavy (non-hydrogen) atoms. The highest BCUT2D eigenvalue weighted by Crippen LogP contribution is 2.31. The molecule has 0 spiro atoms. The lowest BCUT2D eigenvalue weighted by atomic mass is 10.2. The molecule has 1 heterocycles. The molecular formula is C18H15Cl3N4O. The fourth-order valence-electron chi connectivity index (χ4n) is 2.52. The summed E-state index contributed by atoms with van der Waals surface area (Å²) < 4.78 is 1.59. The molecule has 134 valence electrons. The lowest BCUT2D eigenvalue weighted by Gasteiger charge is -2.08. The van der Waals surface area contributed by atoms with Crippen LogP contribution in [0.2, 0.25) is 15.2 Å². The van der Waals surface area contributed by atoms with E-state index in [1.807, 2.05) is 30.3 Å². The Morgan fingerprint density at radius 3 is 2.38 bits per heavy atom. The fraction of sp³-hybridized carbons (Fsp3) is 0.111. The molecule has 0 saturated carbocycles. The summed E-state index contributed by atoms with van der Waals surface area (Å²) in [4.78, 5) is 12.7. The van der Waals surface area contributed by atoms with Gasteiger partial charge in [-0.3, -0.25) is 4.79 Å². The van der Waals surface area contributed by atoms with E-state index in [2.05, 4.69) is 10.4 Å². The van der Waals surface area contributed by atoms with Crippen molar-refractivity contribution in [3.63, 3.8) is 0 Å². The zero-order valence-electron chi connectivity index (χ0n) is 13.8. The number of nitrogens with two attached hydrogens (primary N) is 1. The average Bonchev–Trinajstić information content (AvgIpc) is 2.87. The van der Waals surface area contributed by atoms with Crippen LogP contribution in [-0.4, -0.2) is 15.7 Å². The topological polar surface area (TPSA) is 72.9 Å². The minimum Gasteiger partial charge on any atom is -0.396 e. The van der Waals surface area contributed by atoms with Gasteiger partial charge in [0.25, 0.3) is 5.91 Å². The lowest BCUT2D eigenvalue weighted by Crippen LogP contribution is -2.13. The second kappa shape index (κ2) is 7.58. The standard InChI is InChI=1S/C18H15Cl3N4O/c1-10-15(17(21)25(24-10)9-11-5-3-2-4-6-11)18(26)23-12-7-13(19)16(22)14(20)8-12/h2-8H,9,22H2,1H3,(H,23,26). The van der Waals surface area contributed by atoms with E-state index in [9.17, 15) is 4.79 Å². The number of aromatic nitrogens is 2. The van der Waals surface area contributed by atoms with Gasteiger partial charge in [0.15, 0.2) is 0 Å². The fourth-order valence-corrected chi connectivity index (χ4v) is 3.33. The van der Waals surface area contributed by atoms with Gasteiger partial charge in [-0.15, -0.1) is 0 Å². The van der Waals surface area contributed by atoms with E-state index in [1.54, 1.807) is 11.6 Å². The van der Waals surface area contributed by atoms with Crippen LogP contribution in [0.3, 0.4) is 0 Å². The van der Waals surface area contributed by atoms with Crippen LogP contribution in [0.15, 0.2) is 42.5 Å². The van der Waals surface area contributed by atoms with E-state index in [1.165, 1.54) is 12.1 Å². The van der Waals surface area contributed by atoms with Crippen molar-refractivity contribution in [2.24, 2.45) is 0 Å². The van der Waals surface area contributed by atoms with Gasteiger partial charge in [0.2, 0.25) is 0 Å². The number of rotatable bonds is 4. The molecule has 2 aromatic carbocycles. The van der Waals surface area contributed by atoms with Gasteiger partial charge >= 0.3 is 0 Å². The molecule has 0 atom stereocenters. The van der Waals surface area contributed by atoms with Crippen molar-refractivity contribution in [1.29, 1.82) is 0 Å². The summed E-state index contributed by atoms with van der Waals surface area (Å²) in [6, 6.07) is 12.8. The van der Waals surface area contributed by atoms with E-state index < -0.39 is 5.91 Å². The number of hydrogen-bond donors (Lipinski definition) is 2. The van der Waals surface area contributed by atoms with Crippen molar-refractivity contribution in [2.45, 2.75) is 13.5 Å². The largest absolute Gasteiger partial charge is 0.396 e. The number of halogens is 3. The molecule has 1 amide bonds. The van der Waals surface area contributed by atoms with Gasteiger partial charge in [0.05, 0.1) is 33.5 Å². The quantitative estimate of drug-likeness (QED) is 0.593. The molecule has 0 radical (unpaired) electrons. The normalized spacial score (nSPS) is 10.8. The Morgan fingerprint density at radius 2 is 1.77 bits per heavy atom. The molecule has 1 aromatic heterocycles. The van der Waals surface area contributed by atoms with Gasteiger partial charge in [-0.1, -0.05) is 65.1 Å². The maximum atomic E-state index is 12.7. The summed E-state index contributed by atoms with van der Waals surface area (Å²) >= 11 is 18.4. The van der Waals surface area contributed by atoms with Crippen LogP contribution in [-0.2, 0) is 6.54 Å². The summed E-state index contributed by atoms with van der Waals surface area (Å²) in [6.07, 6.45) is 0. The van der Waals surface area contributed by atoms with Gasteiger partial charge in [-0.05, 0) is 24.6 Å². The van der Waals surface area contributed by atoms with Crippen LogP contribution in [0, 0.1) is 6.92 Å². The van der Waals surface area contributed by atoms with Crippen LogP contribution < -0.4 is 11.1 Å². The third-order valence-electron chi connectivity index (χ3n) is 3.80. The van der Waals surface area contributed by atoms with E-state index in [0.717, 1.165) is 5.56 Å². The van der Waals surface area contributed by atoms with Crippen LogP contribution >= 0.6 is 34.8 Å². The Bertz CT molecular complexity index is 947. The minimum absolute atomic E-state index is 0.260. The molecule has 0 fully saturated rings. The molecule has 3 rings (SSSR count). The highest BCUT2D eigenvalue weighted by molar-refractivity contribution is 6.39. The second-order valence-corrected chi connectivity index (χ2v) is 6.87. The average molecular weight is 410 g/mol. The van der Waals surface area contributed by atoms with Crippen molar-refractivity contribution in [3.05, 3.63) is 74.5 Å². The first-order chi connectivity index (χ1) is 12.4. The predicted molar refractivity (Wildman–Crippen MR) is 106 cm³/mol. The van der Waals surface area contributed by atoms with Crippen LogP contribution in [0.25, 0.3) is 0 Å². The van der Waals surface area contributed by atoms with Crippen molar-refractivity contribution in [1.82, 2.24) is 9.78 Å². The summed E-state index contributed by atoms with van der Waals surface area (Å²) in [6.45, 7) is 2.19. The summed E-state index contributed by atoms with van der Waals surface area (Å²) in [7, 11) is 0. The number of aryl methyl sites for hydroxylation is 1. The van der Waals surface area contributed by atoms with E-state index in [-0.39, 0.29) is 20.9 Å². The first-order valence-electron chi connectivity index (χ1n) is 7.69. The van der Waals surface area contributed by atoms with E-state index in [0.29, 0.717) is 23.5 Å². The number of nitrogens with zero attached hydrogens (tertiary/aromatic N) is 2. The van der Waals surface area contributed by atoms with Crippen molar-refractivity contribution in [3.8, 4) is 0 Å². The summed E-state index contributed by atoms with van der Waals surface area (Å²) in [5.74, 6) is -0.399. The maximum absolute atomic E-state index is 12.7. The highest BCUT2D eigenvalue weighted by atomic mass is 35.5. The zero-order valence-corrected chi connectivity index (χ0v) is 16.0. The molecule has 0 bridgehead atoms. The number of amides is 1. The Hall–Kier alpha value is -2.21. The molecule has 3 aromatic rings. The van der Waals surface area contributed by atoms with Crippen LogP contribution in [0.4, 0.5) is 11.4 Å². The van der Waals surface area contributed by atoms with Crippen LogP contribution in [0.1, 0.15) is 21.6 Å². The summed E-state index contributed by atoms with van der Waals surface area (Å²) in [5.41, 5.74) is 8.24. The van der Waals surface area contributed by atoms with Crippen molar-refractivity contribution in [2.75, 3.05) is 11.1 Å². The molecule has 0 aliphatic rings. The molecule has 8 heteroatoms. The number of carbonyl (C=O) groups excluding carboxylic acids is 1. The zero-order chi connectivity index (χ0) is 18.8. The Balaban J connectivity index is 1.86. The number of hydrogen-bond acceptors (Lipinski definition) is 3. The Morgan fingerprint density at radius 1 is 1.15 bits per heavy atom. The Labute approximate surface area is 165 Å². The number of nitrogen functional groups attached to an aromatic ring is 1. The van der Waals surface area contributed by atoms with E-state index in [4.69, 9.17) is 40.5 Å². The summed E-state index contributed by atoms with van der Waals surface area (Å²) in [5, 5.41) is 7.87. The van der Waals surface area contributed by atoms with Gasteiger partial charge in [-0.2, -0.15) is 5.10 Å². The Kier molecular flexibility index (Phi) is 5.41. The first kappa shape index (κ1) is 18.6. The minimum atomic E-state index is -0.399. The number of anilines is 2. The molecule has 0 unspecified atom stereocenters. The third kappa shape index (κ3) is 3.80. The van der Waals surface area contributed by atoms with E-state index >= 15 is 0 Å². The SMILES string of the molecule is Cc1nn(Cc2ccccc2)c(Cl)c1C(=O)Nc1cc(Cl)c(N)c(Cl)c1. The number of nitrogens with one attached hydrogen (secondary N) is 1. The molecule has 0 aliphatic carbocycles. The van der Waals surface area contributed by atoms with Gasteiger partial charge in [0.1, 0.15) is 5.15 Å². The second-order valence-electron chi connectivity index (χ2n) is 5.70. The maximum Gasteiger partial charge on any atom is 0.260 e. The van der Waals surface area contributed by atoms with Crippen LogP contribution in [0.5, 0.6) is 0 Å². The monoisotopic (exact) mass is 408 g/mol. The molecule has 0 saturated heterocycles. The molecule has 5 nitrogen and oxygen atoms in total. The highest BCUT2D eigenvalue weighted by Gasteiger charge is 2.21. The molecule has 3 N–H and O–H groups in total. The van der Waals surface area contributed by atoms with Gasteiger partial charge in [-0.25, -0.2) is 4.68 Å². The van der Waals surface area contributed by atoms with Crippen molar-refractivity contribution >= 4 is 52.1 Å². The smallest absolute Gasteiger partial charge is 0.260 e.